The lowest BCUT2D eigenvalue weighted by Crippen LogP contribution is -2.32. The van der Waals surface area contributed by atoms with Gasteiger partial charge in [-0.1, -0.05) is 24.6 Å². The summed E-state index contributed by atoms with van der Waals surface area (Å²) in [4.78, 5) is 0. The summed E-state index contributed by atoms with van der Waals surface area (Å²) >= 11 is 0. The third-order valence-corrected chi connectivity index (χ3v) is 4.45. The van der Waals surface area contributed by atoms with Gasteiger partial charge in [-0.3, -0.25) is 0 Å². The predicted molar refractivity (Wildman–Crippen MR) is 97.9 cm³/mol. The monoisotopic (exact) mass is 334 g/mol. The molecular formula is C20H30O4. The van der Waals surface area contributed by atoms with Gasteiger partial charge in [-0.25, -0.2) is 0 Å². The first kappa shape index (κ1) is 20.4. The maximum atomic E-state index is 10.2. The molecule has 3 atom stereocenters. The third-order valence-electron chi connectivity index (χ3n) is 4.45. The van der Waals surface area contributed by atoms with E-state index in [0.29, 0.717) is 18.6 Å². The summed E-state index contributed by atoms with van der Waals surface area (Å²) in [5, 5.41) is 38.8. The summed E-state index contributed by atoms with van der Waals surface area (Å²) in [5.74, 6) is -0.210. The van der Waals surface area contributed by atoms with E-state index < -0.39 is 24.7 Å². The SMILES string of the molecule is C=C[C@@H]([C@H](O)CO)[C@H](O)CC/C(=C/c1cc(C)c(O)c(C)c1)CC. The molecule has 0 radical (unpaired) electrons. The average molecular weight is 334 g/mol. The fraction of sp³-hybridized carbons (Fsp3) is 0.500. The van der Waals surface area contributed by atoms with Crippen molar-refractivity contribution in [1.82, 2.24) is 0 Å². The molecule has 4 nitrogen and oxygen atoms in total. The molecule has 134 valence electrons. The van der Waals surface area contributed by atoms with Gasteiger partial charge < -0.3 is 20.4 Å². The molecular weight excluding hydrogens is 304 g/mol. The predicted octanol–water partition coefficient (Wildman–Crippen LogP) is 3.10. The Kier molecular flexibility index (Phi) is 8.19. The smallest absolute Gasteiger partial charge is 0.121 e. The first-order valence-corrected chi connectivity index (χ1v) is 8.43. The zero-order valence-corrected chi connectivity index (χ0v) is 14.9. The number of benzene rings is 1. The summed E-state index contributed by atoms with van der Waals surface area (Å²) in [7, 11) is 0. The number of phenols is 1. The Balaban J connectivity index is 2.82. The molecule has 1 rings (SSSR count). The maximum absolute atomic E-state index is 10.2. The van der Waals surface area contributed by atoms with E-state index in [0.717, 1.165) is 23.1 Å². The second-order valence-corrected chi connectivity index (χ2v) is 6.33. The average Bonchev–Trinajstić information content (AvgIpc) is 2.56. The molecule has 4 heteroatoms. The van der Waals surface area contributed by atoms with Gasteiger partial charge in [0.15, 0.2) is 0 Å². The van der Waals surface area contributed by atoms with Crippen molar-refractivity contribution in [1.29, 1.82) is 0 Å². The Hall–Kier alpha value is -1.62. The normalized spacial score (nSPS) is 15.8. The summed E-state index contributed by atoms with van der Waals surface area (Å²) in [6, 6.07) is 3.88. The first-order valence-electron chi connectivity index (χ1n) is 8.43. The molecule has 0 saturated carbocycles. The standard InChI is InChI=1S/C20H30O4/c1-5-15(7-8-18(22)17(6-2)19(23)12-21)11-16-9-13(3)20(24)14(4)10-16/h6,9-11,17-19,21-24H,2,5,7-8,12H2,1,3-4H3/b15-11+/t17-,18-,19-/m1/s1. The second kappa shape index (κ2) is 9.62. The number of aliphatic hydroxyl groups is 3. The highest BCUT2D eigenvalue weighted by Crippen LogP contribution is 2.26. The lowest BCUT2D eigenvalue weighted by Gasteiger charge is -2.23. The van der Waals surface area contributed by atoms with E-state index in [-0.39, 0.29) is 0 Å². The molecule has 0 saturated heterocycles. The van der Waals surface area contributed by atoms with Gasteiger partial charge >= 0.3 is 0 Å². The Labute approximate surface area is 144 Å². The van der Waals surface area contributed by atoms with Crippen molar-refractivity contribution in [3.05, 3.63) is 47.1 Å². The number of aliphatic hydroxyl groups excluding tert-OH is 3. The number of hydrogen-bond acceptors (Lipinski definition) is 4. The van der Waals surface area contributed by atoms with Crippen LogP contribution in [0.15, 0.2) is 30.4 Å². The molecule has 0 aliphatic rings. The van der Waals surface area contributed by atoms with Gasteiger partial charge in [0.05, 0.1) is 18.8 Å². The van der Waals surface area contributed by atoms with Gasteiger partial charge in [0, 0.05) is 5.92 Å². The molecule has 0 fully saturated rings. The van der Waals surface area contributed by atoms with Crippen LogP contribution in [0.5, 0.6) is 5.75 Å². The molecule has 0 aromatic heterocycles. The number of hydrogen-bond donors (Lipinski definition) is 4. The molecule has 0 unspecified atom stereocenters. The highest BCUT2D eigenvalue weighted by molar-refractivity contribution is 5.58. The summed E-state index contributed by atoms with van der Waals surface area (Å²) in [5.41, 5.74) is 3.90. The van der Waals surface area contributed by atoms with E-state index in [1.807, 2.05) is 26.0 Å². The molecule has 0 amide bonds. The minimum absolute atomic E-state index is 0.326. The van der Waals surface area contributed by atoms with Gasteiger partial charge in [0.1, 0.15) is 5.75 Å². The number of aryl methyl sites for hydroxylation is 2. The van der Waals surface area contributed by atoms with Crippen LogP contribution in [0.2, 0.25) is 0 Å². The quantitative estimate of drug-likeness (QED) is 0.523. The van der Waals surface area contributed by atoms with Crippen LogP contribution in [-0.2, 0) is 0 Å². The fourth-order valence-electron chi connectivity index (χ4n) is 2.88. The van der Waals surface area contributed by atoms with E-state index in [2.05, 4.69) is 19.6 Å². The summed E-state index contributed by atoms with van der Waals surface area (Å²) in [6.45, 7) is 9.04. The van der Waals surface area contributed by atoms with E-state index in [9.17, 15) is 15.3 Å². The van der Waals surface area contributed by atoms with E-state index >= 15 is 0 Å². The van der Waals surface area contributed by atoms with E-state index in [1.165, 1.54) is 11.6 Å². The topological polar surface area (TPSA) is 80.9 Å². The van der Waals surface area contributed by atoms with Gasteiger partial charge in [-0.15, -0.1) is 6.58 Å². The van der Waals surface area contributed by atoms with Gasteiger partial charge in [0.25, 0.3) is 0 Å². The molecule has 4 N–H and O–H groups in total. The number of allylic oxidation sites excluding steroid dienone is 1. The molecule has 0 aliphatic carbocycles. The van der Waals surface area contributed by atoms with Gasteiger partial charge in [-0.2, -0.15) is 0 Å². The van der Waals surface area contributed by atoms with Crippen LogP contribution in [0, 0.1) is 19.8 Å². The van der Waals surface area contributed by atoms with Crippen molar-refractivity contribution < 1.29 is 20.4 Å². The minimum Gasteiger partial charge on any atom is -0.507 e. The highest BCUT2D eigenvalue weighted by Gasteiger charge is 2.23. The second-order valence-electron chi connectivity index (χ2n) is 6.33. The highest BCUT2D eigenvalue weighted by atomic mass is 16.3. The van der Waals surface area contributed by atoms with Crippen LogP contribution in [-0.4, -0.2) is 39.2 Å². The van der Waals surface area contributed by atoms with E-state index in [4.69, 9.17) is 5.11 Å². The third kappa shape index (κ3) is 5.48. The Morgan fingerprint density at radius 3 is 2.21 bits per heavy atom. The largest absolute Gasteiger partial charge is 0.507 e. The lowest BCUT2D eigenvalue weighted by atomic mass is 9.91. The molecule has 24 heavy (non-hydrogen) atoms. The molecule has 1 aromatic rings. The molecule has 0 bridgehead atoms. The van der Waals surface area contributed by atoms with Crippen LogP contribution in [0.1, 0.15) is 42.9 Å². The maximum Gasteiger partial charge on any atom is 0.121 e. The van der Waals surface area contributed by atoms with Crippen LogP contribution in [0.25, 0.3) is 6.08 Å². The van der Waals surface area contributed by atoms with Crippen molar-refractivity contribution in [2.75, 3.05) is 6.61 Å². The Morgan fingerprint density at radius 2 is 1.75 bits per heavy atom. The van der Waals surface area contributed by atoms with Crippen molar-refractivity contribution in [3.8, 4) is 5.75 Å². The summed E-state index contributed by atoms with van der Waals surface area (Å²) < 4.78 is 0. The Bertz CT molecular complexity index is 554. The first-order chi connectivity index (χ1) is 11.3. The number of rotatable bonds is 9. The molecule has 0 spiro atoms. The lowest BCUT2D eigenvalue weighted by molar-refractivity contribution is 0.00211. The van der Waals surface area contributed by atoms with Crippen molar-refractivity contribution in [3.63, 3.8) is 0 Å². The Morgan fingerprint density at radius 1 is 1.17 bits per heavy atom. The van der Waals surface area contributed by atoms with Gasteiger partial charge in [-0.05, 0) is 61.9 Å². The van der Waals surface area contributed by atoms with Crippen molar-refractivity contribution in [2.45, 2.75) is 52.2 Å². The van der Waals surface area contributed by atoms with Crippen molar-refractivity contribution >= 4 is 6.08 Å². The van der Waals surface area contributed by atoms with Crippen LogP contribution >= 0.6 is 0 Å². The molecule has 0 aliphatic heterocycles. The fourth-order valence-corrected chi connectivity index (χ4v) is 2.88. The molecule has 1 aromatic carbocycles. The van der Waals surface area contributed by atoms with Crippen LogP contribution in [0.4, 0.5) is 0 Å². The summed E-state index contributed by atoms with van der Waals surface area (Å²) in [6.07, 6.45) is 3.87. The van der Waals surface area contributed by atoms with E-state index in [1.54, 1.807) is 0 Å². The number of aromatic hydroxyl groups is 1. The van der Waals surface area contributed by atoms with Crippen LogP contribution < -0.4 is 0 Å². The number of phenolic OH excluding ortho intramolecular Hbond substituents is 1. The zero-order valence-electron chi connectivity index (χ0n) is 14.9. The molecule has 0 heterocycles. The van der Waals surface area contributed by atoms with Gasteiger partial charge in [0.2, 0.25) is 0 Å². The minimum atomic E-state index is -0.992. The zero-order chi connectivity index (χ0) is 18.3. The van der Waals surface area contributed by atoms with Crippen molar-refractivity contribution in [2.24, 2.45) is 5.92 Å². The van der Waals surface area contributed by atoms with Crippen LogP contribution in [0.3, 0.4) is 0 Å².